The summed E-state index contributed by atoms with van der Waals surface area (Å²) in [6.07, 6.45) is 3.47. The minimum Gasteiger partial charge on any atom is -0.504 e. The van der Waals surface area contributed by atoms with Gasteiger partial charge >= 0.3 is 5.97 Å². The van der Waals surface area contributed by atoms with Crippen molar-refractivity contribution in [1.82, 2.24) is 0 Å². The molecule has 0 aliphatic carbocycles. The Balaban J connectivity index is 1.73. The molecule has 0 fully saturated rings. The molecule has 1 N–H and O–H groups in total. The number of ether oxygens (including phenoxy) is 2. The first kappa shape index (κ1) is 16.9. The van der Waals surface area contributed by atoms with E-state index in [2.05, 4.69) is 0 Å². The topological polar surface area (TPSA) is 55.8 Å². The summed E-state index contributed by atoms with van der Waals surface area (Å²) in [5.74, 6) is 0.590. The molecule has 3 aromatic rings. The van der Waals surface area contributed by atoms with E-state index in [-0.39, 0.29) is 5.75 Å². The lowest BCUT2D eigenvalue weighted by Gasteiger charge is -2.06. The molecule has 0 amide bonds. The van der Waals surface area contributed by atoms with E-state index in [1.807, 2.05) is 49.4 Å². The monoisotopic (exact) mass is 358 g/mol. The normalized spacial score (nSPS) is 15.1. The minimum atomic E-state index is -0.399. The van der Waals surface area contributed by atoms with Gasteiger partial charge in [-0.2, -0.15) is 0 Å². The molecule has 1 aliphatic heterocycles. The highest BCUT2D eigenvalue weighted by atomic mass is 16.5. The Morgan fingerprint density at radius 3 is 2.74 bits per heavy atom. The Kier molecular flexibility index (Phi) is 4.38. The number of hydrogen-bond acceptors (Lipinski definition) is 4. The molecule has 0 saturated heterocycles. The first-order valence-corrected chi connectivity index (χ1v) is 8.75. The van der Waals surface area contributed by atoms with Gasteiger partial charge in [0.2, 0.25) is 0 Å². The van der Waals surface area contributed by atoms with Crippen molar-refractivity contribution < 1.29 is 19.4 Å². The van der Waals surface area contributed by atoms with Crippen LogP contribution in [0.15, 0.2) is 72.3 Å². The fourth-order valence-electron chi connectivity index (χ4n) is 3.13. The summed E-state index contributed by atoms with van der Waals surface area (Å²) >= 11 is 0. The fourth-order valence-corrected chi connectivity index (χ4v) is 3.13. The molecule has 0 aromatic heterocycles. The van der Waals surface area contributed by atoms with E-state index < -0.39 is 5.97 Å². The van der Waals surface area contributed by atoms with E-state index in [1.165, 1.54) is 0 Å². The number of carbonyl (C=O) groups excluding carboxylic acids is 1. The van der Waals surface area contributed by atoms with Gasteiger partial charge in [0, 0.05) is 5.56 Å². The van der Waals surface area contributed by atoms with E-state index >= 15 is 0 Å². The van der Waals surface area contributed by atoms with E-state index in [4.69, 9.17) is 9.47 Å². The molecule has 134 valence electrons. The van der Waals surface area contributed by atoms with Crippen LogP contribution in [0.25, 0.3) is 22.6 Å². The number of aromatic hydroxyl groups is 1. The molecule has 0 radical (unpaired) electrons. The number of cyclic esters (lactones) is 1. The molecule has 0 saturated carbocycles. The third-order valence-corrected chi connectivity index (χ3v) is 4.39. The number of carbonyl (C=O) groups is 1. The van der Waals surface area contributed by atoms with Crippen LogP contribution in [0.5, 0.6) is 11.5 Å². The van der Waals surface area contributed by atoms with Gasteiger partial charge in [-0.1, -0.05) is 48.5 Å². The summed E-state index contributed by atoms with van der Waals surface area (Å²) in [6, 6.07) is 18.9. The van der Waals surface area contributed by atoms with Crippen LogP contribution in [0.4, 0.5) is 0 Å². The van der Waals surface area contributed by atoms with Crippen LogP contribution in [0, 0.1) is 0 Å². The Bertz CT molecular complexity index is 1090. The van der Waals surface area contributed by atoms with Gasteiger partial charge in [-0.05, 0) is 47.5 Å². The quantitative estimate of drug-likeness (QED) is 0.531. The van der Waals surface area contributed by atoms with Gasteiger partial charge in [-0.3, -0.25) is 0 Å². The molecule has 4 rings (SSSR count). The fraction of sp³-hybridized carbons (Fsp3) is 0.0870. The van der Waals surface area contributed by atoms with Crippen LogP contribution in [0.2, 0.25) is 0 Å². The highest BCUT2D eigenvalue weighted by Crippen LogP contribution is 2.33. The smallest absolute Gasteiger partial charge is 0.343 e. The van der Waals surface area contributed by atoms with E-state index in [1.54, 1.807) is 30.4 Å². The summed E-state index contributed by atoms with van der Waals surface area (Å²) in [5.41, 5.74) is 2.08. The predicted octanol–water partition coefficient (Wildman–Crippen LogP) is 4.93. The second-order valence-electron chi connectivity index (χ2n) is 6.18. The highest BCUT2D eigenvalue weighted by molar-refractivity contribution is 6.07. The standard InChI is InChI=1S/C23H18O4/c1-2-26-22-13-15(10-11-20(22)24)12-17-14-21(27-23(17)25)19-9-5-7-16-6-3-4-8-18(16)19/h3-14,24H,2H2,1H3. The first-order chi connectivity index (χ1) is 13.2. The molecule has 1 aliphatic rings. The Labute approximate surface area is 157 Å². The summed E-state index contributed by atoms with van der Waals surface area (Å²) in [4.78, 5) is 12.4. The average Bonchev–Trinajstić information content (AvgIpc) is 3.04. The molecule has 4 heteroatoms. The van der Waals surface area contributed by atoms with Crippen LogP contribution in [0.1, 0.15) is 18.1 Å². The third-order valence-electron chi connectivity index (χ3n) is 4.39. The van der Waals surface area contributed by atoms with Crippen LogP contribution in [0.3, 0.4) is 0 Å². The zero-order chi connectivity index (χ0) is 18.8. The number of hydrogen-bond donors (Lipinski definition) is 1. The molecule has 27 heavy (non-hydrogen) atoms. The second kappa shape index (κ2) is 7.00. The molecule has 0 spiro atoms. The average molecular weight is 358 g/mol. The zero-order valence-electron chi connectivity index (χ0n) is 14.8. The molecular weight excluding hydrogens is 340 g/mol. The number of esters is 1. The van der Waals surface area contributed by atoms with Gasteiger partial charge in [0.15, 0.2) is 11.5 Å². The number of rotatable bonds is 4. The Hall–Kier alpha value is -3.53. The molecular formula is C23H18O4. The molecule has 0 bridgehead atoms. The van der Waals surface area contributed by atoms with Crippen molar-refractivity contribution in [3.63, 3.8) is 0 Å². The molecule has 4 nitrogen and oxygen atoms in total. The molecule has 1 heterocycles. The van der Waals surface area contributed by atoms with Gasteiger partial charge in [0.05, 0.1) is 12.2 Å². The lowest BCUT2D eigenvalue weighted by Crippen LogP contribution is -1.97. The van der Waals surface area contributed by atoms with Gasteiger partial charge in [-0.15, -0.1) is 0 Å². The molecule has 3 aromatic carbocycles. The van der Waals surface area contributed by atoms with Crippen molar-refractivity contribution in [3.05, 3.63) is 83.4 Å². The predicted molar refractivity (Wildman–Crippen MR) is 105 cm³/mol. The number of benzene rings is 3. The van der Waals surface area contributed by atoms with Crippen molar-refractivity contribution in [2.75, 3.05) is 6.61 Å². The van der Waals surface area contributed by atoms with E-state index in [9.17, 15) is 9.90 Å². The minimum absolute atomic E-state index is 0.0694. The van der Waals surface area contributed by atoms with Crippen molar-refractivity contribution in [2.24, 2.45) is 0 Å². The van der Waals surface area contributed by atoms with Gasteiger partial charge in [0.25, 0.3) is 0 Å². The SMILES string of the molecule is CCOc1cc(C=C2C=C(c3cccc4ccccc34)OC2=O)ccc1O. The third kappa shape index (κ3) is 3.29. The summed E-state index contributed by atoms with van der Waals surface area (Å²) in [5, 5.41) is 11.9. The van der Waals surface area contributed by atoms with Crippen LogP contribution in [-0.4, -0.2) is 17.7 Å². The first-order valence-electron chi connectivity index (χ1n) is 8.75. The van der Waals surface area contributed by atoms with Crippen molar-refractivity contribution >= 4 is 28.6 Å². The van der Waals surface area contributed by atoms with Gasteiger partial charge in [-0.25, -0.2) is 4.79 Å². The van der Waals surface area contributed by atoms with Crippen LogP contribution in [-0.2, 0) is 9.53 Å². The van der Waals surface area contributed by atoms with E-state index in [0.717, 1.165) is 21.9 Å². The van der Waals surface area contributed by atoms with Gasteiger partial charge < -0.3 is 14.6 Å². The Morgan fingerprint density at radius 1 is 1.07 bits per heavy atom. The second-order valence-corrected chi connectivity index (χ2v) is 6.18. The van der Waals surface area contributed by atoms with Gasteiger partial charge in [0.1, 0.15) is 5.76 Å². The maximum atomic E-state index is 12.4. The summed E-state index contributed by atoms with van der Waals surface area (Å²) < 4.78 is 10.9. The van der Waals surface area contributed by atoms with Crippen molar-refractivity contribution in [2.45, 2.75) is 6.92 Å². The van der Waals surface area contributed by atoms with Crippen molar-refractivity contribution in [1.29, 1.82) is 0 Å². The number of phenolic OH excluding ortho intramolecular Hbond substituents is 1. The number of fused-ring (bicyclic) bond motifs is 1. The highest BCUT2D eigenvalue weighted by Gasteiger charge is 2.23. The lowest BCUT2D eigenvalue weighted by molar-refractivity contribution is -0.130. The maximum absolute atomic E-state index is 12.4. The van der Waals surface area contributed by atoms with Crippen LogP contribution < -0.4 is 4.74 Å². The van der Waals surface area contributed by atoms with Crippen LogP contribution >= 0.6 is 0 Å². The number of phenols is 1. The van der Waals surface area contributed by atoms with E-state index in [0.29, 0.717) is 23.7 Å². The van der Waals surface area contributed by atoms with Crippen molar-refractivity contribution in [3.8, 4) is 11.5 Å². The lowest BCUT2D eigenvalue weighted by atomic mass is 10.0. The molecule has 0 unspecified atom stereocenters. The molecule has 0 atom stereocenters. The largest absolute Gasteiger partial charge is 0.504 e. The zero-order valence-corrected chi connectivity index (χ0v) is 14.8. The summed E-state index contributed by atoms with van der Waals surface area (Å²) in [7, 11) is 0. The Morgan fingerprint density at radius 2 is 1.89 bits per heavy atom. The maximum Gasteiger partial charge on any atom is 0.343 e. The summed E-state index contributed by atoms with van der Waals surface area (Å²) in [6.45, 7) is 2.29.